The van der Waals surface area contributed by atoms with Crippen LogP contribution in [0.15, 0.2) is 205 Å². The minimum atomic E-state index is 0.875. The van der Waals surface area contributed by atoms with Crippen LogP contribution in [0.3, 0.4) is 0 Å². The summed E-state index contributed by atoms with van der Waals surface area (Å²) in [4.78, 5) is 2.36. The van der Waals surface area contributed by atoms with Crippen LogP contribution in [0.2, 0.25) is 0 Å². The van der Waals surface area contributed by atoms with Crippen LogP contribution in [-0.4, -0.2) is 0 Å². The SMILES string of the molecule is c1ccc(-c2ccccc2N(c2ccc(-c3cccc(-c4cc5ccccc5o4)c3)cc2)c2ccc(-c3cccc4ccccc34)cc2)cc1. The smallest absolute Gasteiger partial charge is 0.135 e. The molecule has 236 valence electrons. The second kappa shape index (κ2) is 12.8. The average molecular weight is 640 g/mol. The fourth-order valence-electron chi connectivity index (χ4n) is 7.00. The summed E-state index contributed by atoms with van der Waals surface area (Å²) < 4.78 is 6.19. The number of hydrogen-bond donors (Lipinski definition) is 0. The maximum absolute atomic E-state index is 6.19. The van der Waals surface area contributed by atoms with Crippen LogP contribution < -0.4 is 4.90 Å². The van der Waals surface area contributed by atoms with Crippen LogP contribution in [0.25, 0.3) is 66.4 Å². The molecule has 0 unspecified atom stereocenters. The van der Waals surface area contributed by atoms with Gasteiger partial charge in [0.2, 0.25) is 0 Å². The van der Waals surface area contributed by atoms with E-state index in [4.69, 9.17) is 4.42 Å². The molecule has 0 N–H and O–H groups in total. The Hall–Kier alpha value is -6.64. The summed E-state index contributed by atoms with van der Waals surface area (Å²) >= 11 is 0. The Morgan fingerprint density at radius 1 is 0.340 bits per heavy atom. The minimum absolute atomic E-state index is 0.875. The Morgan fingerprint density at radius 2 is 0.900 bits per heavy atom. The molecule has 0 saturated carbocycles. The summed E-state index contributed by atoms with van der Waals surface area (Å²) in [5.74, 6) is 0.875. The van der Waals surface area contributed by atoms with Crippen LogP contribution in [0.5, 0.6) is 0 Å². The molecule has 50 heavy (non-hydrogen) atoms. The van der Waals surface area contributed by atoms with Crippen LogP contribution in [-0.2, 0) is 0 Å². The molecule has 1 heterocycles. The van der Waals surface area contributed by atoms with Crippen molar-refractivity contribution >= 4 is 38.8 Å². The maximum Gasteiger partial charge on any atom is 0.135 e. The maximum atomic E-state index is 6.19. The lowest BCUT2D eigenvalue weighted by molar-refractivity contribution is 0.631. The lowest BCUT2D eigenvalue weighted by atomic mass is 9.97. The number of furan rings is 1. The van der Waals surface area contributed by atoms with Crippen LogP contribution in [0.4, 0.5) is 17.1 Å². The Bertz CT molecular complexity index is 2540. The van der Waals surface area contributed by atoms with Crippen LogP contribution >= 0.6 is 0 Å². The molecule has 0 atom stereocenters. The molecule has 8 aromatic carbocycles. The number of para-hydroxylation sites is 2. The zero-order chi connectivity index (χ0) is 33.3. The van der Waals surface area contributed by atoms with Gasteiger partial charge in [-0.3, -0.25) is 0 Å². The highest BCUT2D eigenvalue weighted by Crippen LogP contribution is 2.42. The van der Waals surface area contributed by atoms with Crippen molar-refractivity contribution in [3.8, 4) is 44.7 Å². The first kappa shape index (κ1) is 29.5. The van der Waals surface area contributed by atoms with E-state index in [1.807, 2.05) is 18.2 Å². The molecule has 0 aliphatic heterocycles. The summed E-state index contributed by atoms with van der Waals surface area (Å²) in [6.45, 7) is 0. The molecule has 0 spiro atoms. The van der Waals surface area contributed by atoms with Crippen molar-refractivity contribution in [2.45, 2.75) is 0 Å². The van der Waals surface area contributed by atoms with Gasteiger partial charge in [-0.1, -0.05) is 152 Å². The summed E-state index contributed by atoms with van der Waals surface area (Å²) in [7, 11) is 0. The monoisotopic (exact) mass is 639 g/mol. The highest BCUT2D eigenvalue weighted by Gasteiger charge is 2.18. The van der Waals surface area contributed by atoms with Crippen LogP contribution in [0, 0.1) is 0 Å². The van der Waals surface area contributed by atoms with Gasteiger partial charge in [0.05, 0.1) is 5.69 Å². The van der Waals surface area contributed by atoms with E-state index >= 15 is 0 Å². The number of hydrogen-bond acceptors (Lipinski definition) is 2. The first-order valence-electron chi connectivity index (χ1n) is 17.0. The predicted octanol–water partition coefficient (Wildman–Crippen LogP) is 13.7. The van der Waals surface area contributed by atoms with Gasteiger partial charge in [0.15, 0.2) is 0 Å². The third kappa shape index (κ3) is 5.53. The summed E-state index contributed by atoms with van der Waals surface area (Å²) in [5, 5.41) is 3.61. The molecule has 0 bridgehead atoms. The lowest BCUT2D eigenvalue weighted by Crippen LogP contribution is -2.11. The summed E-state index contributed by atoms with van der Waals surface area (Å²) in [5.41, 5.74) is 12.3. The molecule has 1 aromatic heterocycles. The van der Waals surface area contributed by atoms with Gasteiger partial charge in [-0.15, -0.1) is 0 Å². The third-order valence-electron chi connectivity index (χ3n) is 9.49. The molecule has 0 radical (unpaired) electrons. The average Bonchev–Trinajstić information content (AvgIpc) is 3.64. The van der Waals surface area contributed by atoms with Gasteiger partial charge < -0.3 is 9.32 Å². The molecule has 0 saturated heterocycles. The van der Waals surface area contributed by atoms with Crippen molar-refractivity contribution in [1.82, 2.24) is 0 Å². The van der Waals surface area contributed by atoms with Gasteiger partial charge in [-0.05, 0) is 87.1 Å². The first-order chi connectivity index (χ1) is 24.8. The van der Waals surface area contributed by atoms with E-state index < -0.39 is 0 Å². The highest BCUT2D eigenvalue weighted by atomic mass is 16.3. The molecule has 0 aliphatic carbocycles. The molecule has 9 rings (SSSR count). The number of rotatable bonds is 7. The number of fused-ring (bicyclic) bond motifs is 2. The largest absolute Gasteiger partial charge is 0.456 e. The molecule has 0 aliphatic rings. The van der Waals surface area contributed by atoms with E-state index in [1.165, 1.54) is 33.0 Å². The number of anilines is 3. The van der Waals surface area contributed by atoms with E-state index in [0.717, 1.165) is 50.5 Å². The molecule has 2 heteroatoms. The third-order valence-corrected chi connectivity index (χ3v) is 9.49. The Balaban J connectivity index is 1.12. The van der Waals surface area contributed by atoms with E-state index in [-0.39, 0.29) is 0 Å². The first-order valence-corrected chi connectivity index (χ1v) is 17.0. The Morgan fingerprint density at radius 3 is 1.70 bits per heavy atom. The van der Waals surface area contributed by atoms with Gasteiger partial charge in [0.25, 0.3) is 0 Å². The van der Waals surface area contributed by atoms with Gasteiger partial charge in [0.1, 0.15) is 11.3 Å². The normalized spacial score (nSPS) is 11.2. The van der Waals surface area contributed by atoms with E-state index in [2.05, 4.69) is 187 Å². The lowest BCUT2D eigenvalue weighted by Gasteiger charge is -2.28. The Labute approximate surface area is 292 Å². The molecule has 0 fully saturated rings. The zero-order valence-electron chi connectivity index (χ0n) is 27.4. The number of nitrogens with zero attached hydrogens (tertiary/aromatic N) is 1. The minimum Gasteiger partial charge on any atom is -0.456 e. The van der Waals surface area contributed by atoms with Crippen molar-refractivity contribution in [2.75, 3.05) is 4.90 Å². The van der Waals surface area contributed by atoms with Crippen molar-refractivity contribution in [3.05, 3.63) is 200 Å². The van der Waals surface area contributed by atoms with Gasteiger partial charge in [0, 0.05) is 27.9 Å². The fraction of sp³-hybridized carbons (Fsp3) is 0. The second-order valence-corrected chi connectivity index (χ2v) is 12.6. The van der Waals surface area contributed by atoms with E-state index in [9.17, 15) is 0 Å². The molecular weight excluding hydrogens is 607 g/mol. The molecule has 2 nitrogen and oxygen atoms in total. The number of benzene rings is 8. The van der Waals surface area contributed by atoms with Crippen LogP contribution in [0.1, 0.15) is 0 Å². The predicted molar refractivity (Wildman–Crippen MR) is 210 cm³/mol. The van der Waals surface area contributed by atoms with Crippen molar-refractivity contribution < 1.29 is 4.42 Å². The molecule has 9 aromatic rings. The second-order valence-electron chi connectivity index (χ2n) is 12.6. The van der Waals surface area contributed by atoms with Crippen molar-refractivity contribution in [3.63, 3.8) is 0 Å². The Kier molecular flexibility index (Phi) is 7.53. The quantitative estimate of drug-likeness (QED) is 0.173. The van der Waals surface area contributed by atoms with Gasteiger partial charge >= 0.3 is 0 Å². The summed E-state index contributed by atoms with van der Waals surface area (Å²) in [6, 6.07) is 71.1. The zero-order valence-corrected chi connectivity index (χ0v) is 27.4. The fourth-order valence-corrected chi connectivity index (χ4v) is 7.00. The van der Waals surface area contributed by atoms with Crippen molar-refractivity contribution in [2.24, 2.45) is 0 Å². The van der Waals surface area contributed by atoms with E-state index in [1.54, 1.807) is 0 Å². The molecule has 0 amide bonds. The molecular formula is C48H33NO. The standard InChI is InChI=1S/C48H33NO/c1-2-12-36(13-3-1)45-20-7-8-22-46(45)49(42-30-26-37(27-31-42)44-21-11-16-35-14-4-6-19-43(35)44)41-28-24-34(25-29-41)38-17-10-18-39(32-38)48-33-40-15-5-9-23-47(40)50-48/h1-33H. The van der Waals surface area contributed by atoms with Gasteiger partial charge in [-0.2, -0.15) is 0 Å². The summed E-state index contributed by atoms with van der Waals surface area (Å²) in [6.07, 6.45) is 0. The highest BCUT2D eigenvalue weighted by molar-refractivity contribution is 5.97. The topological polar surface area (TPSA) is 16.4 Å². The van der Waals surface area contributed by atoms with Gasteiger partial charge in [-0.25, -0.2) is 0 Å². The van der Waals surface area contributed by atoms with E-state index in [0.29, 0.717) is 0 Å². The van der Waals surface area contributed by atoms with Crippen molar-refractivity contribution in [1.29, 1.82) is 0 Å².